The summed E-state index contributed by atoms with van der Waals surface area (Å²) in [5.74, 6) is -0.0748. The number of anilines is 2. The monoisotopic (exact) mass is 674 g/mol. The largest absolute Gasteiger partial charge is 0.573 e. The molecule has 1 saturated heterocycles. The number of hydroxylamine groups is 1. The van der Waals surface area contributed by atoms with Crippen molar-refractivity contribution in [3.05, 3.63) is 88.4 Å². The molecular formula is C31H30ClF3N6O4S. The van der Waals surface area contributed by atoms with Crippen molar-refractivity contribution in [3.63, 3.8) is 0 Å². The van der Waals surface area contributed by atoms with Gasteiger partial charge in [0.15, 0.2) is 11.0 Å². The van der Waals surface area contributed by atoms with Gasteiger partial charge < -0.3 is 4.74 Å². The molecular weight excluding hydrogens is 645 g/mol. The van der Waals surface area contributed by atoms with E-state index in [-0.39, 0.29) is 34.3 Å². The Hall–Kier alpha value is -4.40. The lowest BCUT2D eigenvalue weighted by Crippen LogP contribution is -2.32. The Morgan fingerprint density at radius 2 is 1.76 bits per heavy atom. The summed E-state index contributed by atoms with van der Waals surface area (Å²) >= 11 is 7.36. The molecule has 242 valence electrons. The van der Waals surface area contributed by atoms with Crippen LogP contribution < -0.4 is 20.1 Å². The maximum atomic E-state index is 12.7. The number of carbonyl (C=O) groups excluding carboxylic acids is 2. The molecule has 3 aromatic carbocycles. The van der Waals surface area contributed by atoms with Gasteiger partial charge in [0.2, 0.25) is 5.91 Å². The molecule has 1 unspecified atom stereocenters. The third-order valence-corrected chi connectivity index (χ3v) is 7.78. The average molecular weight is 675 g/mol. The number of benzene rings is 3. The van der Waals surface area contributed by atoms with E-state index in [1.165, 1.54) is 34.2 Å². The summed E-state index contributed by atoms with van der Waals surface area (Å²) in [6.45, 7) is 9.28. The number of ether oxygens (including phenoxy) is 1. The summed E-state index contributed by atoms with van der Waals surface area (Å²) < 4.78 is 41.2. The molecule has 0 aromatic heterocycles. The molecule has 0 saturated carbocycles. The van der Waals surface area contributed by atoms with Crippen molar-refractivity contribution in [1.82, 2.24) is 5.48 Å². The average Bonchev–Trinajstić information content (AvgIpc) is 3.37. The standard InChI is InChI=1S/C31H30ClF3N6O4S/c1-18(2)25-15-10-22(32)16-26(25)41-27(42)17-46-30(41)37-29(43)39-45-19(3)20-6-8-21(9-7-20)28(36-4)38-40(5)23-11-13-24(14-12-23)44-31(33,34)35/h6-16,18-19H,4,17H2,1-3,5H3,(H,39,43)/b37-30?,38-28-. The molecule has 0 bridgehead atoms. The van der Waals surface area contributed by atoms with Gasteiger partial charge in [0.25, 0.3) is 0 Å². The van der Waals surface area contributed by atoms with E-state index >= 15 is 0 Å². The normalized spacial score (nSPS) is 15.3. The van der Waals surface area contributed by atoms with Crippen molar-refractivity contribution in [2.45, 2.75) is 39.2 Å². The SMILES string of the molecule is C=N/C(=N\N(C)c1ccc(OC(F)(F)F)cc1)c1ccc(C(C)ONC(=O)N=C2SCC(=O)N2c2cc(Cl)ccc2C(C)C)cc1. The number of nitrogens with one attached hydrogen (secondary N) is 1. The van der Waals surface area contributed by atoms with Crippen LogP contribution in [0.5, 0.6) is 5.75 Å². The second-order valence-electron chi connectivity index (χ2n) is 10.2. The molecule has 0 radical (unpaired) electrons. The van der Waals surface area contributed by atoms with E-state index < -0.39 is 18.5 Å². The van der Waals surface area contributed by atoms with Gasteiger partial charge in [-0.2, -0.15) is 10.1 Å². The number of hydrazone groups is 1. The highest BCUT2D eigenvalue weighted by molar-refractivity contribution is 8.15. The Morgan fingerprint density at radius 3 is 2.37 bits per heavy atom. The third kappa shape index (κ3) is 8.86. The maximum Gasteiger partial charge on any atom is 0.573 e. The summed E-state index contributed by atoms with van der Waals surface area (Å²) in [7, 11) is 1.61. The van der Waals surface area contributed by atoms with Crippen LogP contribution in [0.25, 0.3) is 0 Å². The van der Waals surface area contributed by atoms with Crippen LogP contribution in [0, 0.1) is 0 Å². The number of hydrogen-bond donors (Lipinski definition) is 1. The fourth-order valence-electron chi connectivity index (χ4n) is 4.34. The predicted octanol–water partition coefficient (Wildman–Crippen LogP) is 7.70. The van der Waals surface area contributed by atoms with Gasteiger partial charge in [-0.1, -0.05) is 67.5 Å². The number of carbonyl (C=O) groups is 2. The Morgan fingerprint density at radius 1 is 1.09 bits per heavy atom. The van der Waals surface area contributed by atoms with Crippen molar-refractivity contribution < 1.29 is 32.3 Å². The van der Waals surface area contributed by atoms with Crippen molar-refractivity contribution in [1.29, 1.82) is 0 Å². The number of rotatable bonds is 9. The molecule has 0 spiro atoms. The number of amides is 3. The van der Waals surface area contributed by atoms with E-state index in [4.69, 9.17) is 16.4 Å². The van der Waals surface area contributed by atoms with E-state index in [2.05, 4.69) is 32.0 Å². The molecule has 0 aliphatic carbocycles. The first-order chi connectivity index (χ1) is 21.8. The van der Waals surface area contributed by atoms with E-state index in [9.17, 15) is 22.8 Å². The first-order valence-electron chi connectivity index (χ1n) is 13.8. The van der Waals surface area contributed by atoms with E-state index in [0.29, 0.717) is 27.5 Å². The van der Waals surface area contributed by atoms with Gasteiger partial charge in [-0.05, 0) is 67.1 Å². The number of alkyl halides is 3. The Balaban J connectivity index is 1.39. The van der Waals surface area contributed by atoms with Gasteiger partial charge in [0.1, 0.15) is 11.9 Å². The topological polar surface area (TPSA) is 108 Å². The molecule has 1 fully saturated rings. The van der Waals surface area contributed by atoms with Crippen molar-refractivity contribution in [3.8, 4) is 5.75 Å². The highest BCUT2D eigenvalue weighted by Gasteiger charge is 2.33. The molecule has 15 heteroatoms. The van der Waals surface area contributed by atoms with Crippen LogP contribution in [0.15, 0.2) is 81.8 Å². The Labute approximate surface area is 272 Å². The second kappa shape index (κ2) is 14.8. The van der Waals surface area contributed by atoms with Crippen LogP contribution in [0.2, 0.25) is 5.02 Å². The minimum Gasteiger partial charge on any atom is -0.406 e. The quantitative estimate of drug-likeness (QED) is 0.142. The summed E-state index contributed by atoms with van der Waals surface area (Å²) in [5, 5.41) is 6.50. The Kier molecular flexibility index (Phi) is 11.1. The predicted molar refractivity (Wildman–Crippen MR) is 175 cm³/mol. The first-order valence-corrected chi connectivity index (χ1v) is 15.2. The fraction of sp³-hybridized carbons (Fsp3) is 0.258. The van der Waals surface area contributed by atoms with Gasteiger partial charge in [0, 0.05) is 17.6 Å². The molecule has 3 amide bonds. The van der Waals surface area contributed by atoms with E-state index in [0.717, 1.165) is 17.3 Å². The van der Waals surface area contributed by atoms with Crippen molar-refractivity contribution in [2.24, 2.45) is 15.1 Å². The lowest BCUT2D eigenvalue weighted by atomic mass is 10.0. The maximum absolute atomic E-state index is 12.7. The molecule has 3 aromatic rings. The van der Waals surface area contributed by atoms with Crippen LogP contribution in [-0.2, 0) is 9.63 Å². The molecule has 1 atom stereocenters. The molecule has 1 aliphatic rings. The van der Waals surface area contributed by atoms with Gasteiger partial charge >= 0.3 is 12.4 Å². The van der Waals surface area contributed by atoms with E-state index in [1.54, 1.807) is 50.4 Å². The number of hydrogen-bond acceptors (Lipinski definition) is 7. The van der Waals surface area contributed by atoms with Crippen LogP contribution >= 0.6 is 23.4 Å². The summed E-state index contributed by atoms with van der Waals surface area (Å²) in [5.41, 5.74) is 5.59. The highest BCUT2D eigenvalue weighted by atomic mass is 35.5. The molecule has 1 heterocycles. The number of amidine groups is 2. The van der Waals surface area contributed by atoms with Gasteiger partial charge in [-0.3, -0.25) is 19.5 Å². The molecule has 4 rings (SSSR count). The lowest BCUT2D eigenvalue weighted by Gasteiger charge is -2.22. The zero-order valence-corrected chi connectivity index (χ0v) is 26.8. The number of urea groups is 1. The zero-order valence-electron chi connectivity index (χ0n) is 25.2. The highest BCUT2D eigenvalue weighted by Crippen LogP contribution is 2.35. The van der Waals surface area contributed by atoms with Crippen LogP contribution in [0.4, 0.5) is 29.3 Å². The van der Waals surface area contributed by atoms with Crippen LogP contribution in [-0.4, -0.2) is 48.8 Å². The fourth-order valence-corrected chi connectivity index (χ4v) is 5.37. The van der Waals surface area contributed by atoms with Crippen molar-refractivity contribution in [2.75, 3.05) is 22.7 Å². The first kappa shape index (κ1) is 34.5. The van der Waals surface area contributed by atoms with Crippen molar-refractivity contribution >= 4 is 64.4 Å². The zero-order chi connectivity index (χ0) is 33.6. The van der Waals surface area contributed by atoms with Gasteiger partial charge in [-0.15, -0.1) is 13.2 Å². The molecule has 1 aliphatic heterocycles. The summed E-state index contributed by atoms with van der Waals surface area (Å²) in [6, 6.07) is 16.7. The Bertz CT molecular complexity index is 1650. The molecule has 46 heavy (non-hydrogen) atoms. The number of nitrogens with zero attached hydrogens (tertiary/aromatic N) is 5. The van der Waals surface area contributed by atoms with Gasteiger partial charge in [0.05, 0.1) is 17.1 Å². The van der Waals surface area contributed by atoms with Crippen LogP contribution in [0.1, 0.15) is 49.5 Å². The van der Waals surface area contributed by atoms with E-state index in [1.807, 2.05) is 19.9 Å². The third-order valence-electron chi connectivity index (χ3n) is 6.62. The minimum atomic E-state index is -4.78. The molecule has 1 N–H and O–H groups in total. The summed E-state index contributed by atoms with van der Waals surface area (Å²) in [6.07, 6.45) is -5.36. The number of thioether (sulfide) groups is 1. The second-order valence-corrected chi connectivity index (χ2v) is 11.6. The van der Waals surface area contributed by atoms with Crippen LogP contribution in [0.3, 0.4) is 0 Å². The summed E-state index contributed by atoms with van der Waals surface area (Å²) in [4.78, 5) is 40.4. The lowest BCUT2D eigenvalue weighted by molar-refractivity contribution is -0.274. The smallest absolute Gasteiger partial charge is 0.406 e. The molecule has 10 nitrogen and oxygen atoms in total. The van der Waals surface area contributed by atoms with Gasteiger partial charge in [-0.25, -0.2) is 15.3 Å². The number of aliphatic imine (C=N–C) groups is 2. The number of halogens is 4. The minimum absolute atomic E-state index is 0.101.